The number of amides is 2. The molecule has 178 valence electrons. The summed E-state index contributed by atoms with van der Waals surface area (Å²) in [7, 11) is -3.27. The summed E-state index contributed by atoms with van der Waals surface area (Å²) in [5.74, 6) is -1.13. The molecule has 1 aromatic carbocycles. The van der Waals surface area contributed by atoms with E-state index >= 15 is 0 Å². The summed E-state index contributed by atoms with van der Waals surface area (Å²) in [6.07, 6.45) is 0.549. The van der Waals surface area contributed by atoms with Crippen molar-refractivity contribution in [2.45, 2.75) is 19.5 Å². The zero-order chi connectivity index (χ0) is 24.0. The van der Waals surface area contributed by atoms with Crippen molar-refractivity contribution < 1.29 is 23.1 Å². The quantitative estimate of drug-likeness (QED) is 0.453. The lowest BCUT2D eigenvalue weighted by Gasteiger charge is -2.16. The molecule has 0 bridgehead atoms. The van der Waals surface area contributed by atoms with Gasteiger partial charge in [0.2, 0.25) is 10.0 Å². The average Bonchev–Trinajstić information content (AvgIpc) is 3.12. The third-order valence-corrected chi connectivity index (χ3v) is 7.40. The summed E-state index contributed by atoms with van der Waals surface area (Å²) < 4.78 is 26.0. The van der Waals surface area contributed by atoms with Gasteiger partial charge in [-0.1, -0.05) is 23.7 Å². The highest BCUT2D eigenvalue weighted by atomic mass is 35.5. The Kier molecular flexibility index (Phi) is 8.25. The molecule has 2 aromatic rings. The van der Waals surface area contributed by atoms with Crippen molar-refractivity contribution in [3.63, 3.8) is 0 Å². The van der Waals surface area contributed by atoms with E-state index in [4.69, 9.17) is 11.6 Å². The Morgan fingerprint density at radius 1 is 1.03 bits per heavy atom. The second-order valence-electron chi connectivity index (χ2n) is 7.45. The minimum atomic E-state index is -3.27. The molecular weight excluding hydrogens is 472 g/mol. The molecule has 10 nitrogen and oxygen atoms in total. The van der Waals surface area contributed by atoms with Crippen LogP contribution in [-0.2, 0) is 23.1 Å². The molecule has 0 unspecified atom stereocenters. The number of aromatic nitrogens is 1. The van der Waals surface area contributed by atoms with Crippen LogP contribution in [0.25, 0.3) is 0 Å². The number of pyridine rings is 1. The lowest BCUT2D eigenvalue weighted by atomic mass is 10.2. The molecule has 3 rings (SSSR count). The van der Waals surface area contributed by atoms with Gasteiger partial charge in [-0.15, -0.1) is 0 Å². The van der Waals surface area contributed by atoms with Gasteiger partial charge in [0.25, 0.3) is 17.4 Å². The summed E-state index contributed by atoms with van der Waals surface area (Å²) in [6, 6.07) is 9.44. The first kappa shape index (κ1) is 24.9. The number of hydrogen-bond acceptors (Lipinski definition) is 6. The van der Waals surface area contributed by atoms with E-state index < -0.39 is 34.0 Å². The van der Waals surface area contributed by atoms with Crippen LogP contribution in [0.4, 0.5) is 0 Å². The van der Waals surface area contributed by atoms with E-state index in [2.05, 4.69) is 10.6 Å². The van der Waals surface area contributed by atoms with Crippen LogP contribution in [0.2, 0.25) is 5.02 Å². The Hall–Kier alpha value is -2.73. The van der Waals surface area contributed by atoms with Crippen LogP contribution in [0.15, 0.2) is 41.2 Å². The van der Waals surface area contributed by atoms with Gasteiger partial charge >= 0.3 is 0 Å². The molecular formula is C21H25ClN4O6S. The van der Waals surface area contributed by atoms with Gasteiger partial charge < -0.3 is 20.3 Å². The molecule has 0 radical (unpaired) electrons. The Balaban J connectivity index is 1.69. The second-order valence-corrected chi connectivity index (χ2v) is 9.97. The van der Waals surface area contributed by atoms with Gasteiger partial charge in [0.1, 0.15) is 11.3 Å². The first-order valence-electron chi connectivity index (χ1n) is 10.4. The molecule has 12 heteroatoms. The molecule has 0 saturated carbocycles. The van der Waals surface area contributed by atoms with Crippen molar-refractivity contribution in [2.75, 3.05) is 32.0 Å². The van der Waals surface area contributed by atoms with Crippen LogP contribution in [0, 0.1) is 0 Å². The van der Waals surface area contributed by atoms with Crippen LogP contribution < -0.4 is 16.2 Å². The third-order valence-electron chi connectivity index (χ3n) is 5.19. The fourth-order valence-corrected chi connectivity index (χ4v) is 5.13. The van der Waals surface area contributed by atoms with Crippen LogP contribution in [-0.4, -0.2) is 66.2 Å². The smallest absolute Gasteiger partial charge is 0.268 e. The van der Waals surface area contributed by atoms with E-state index in [1.54, 1.807) is 24.3 Å². The number of carbonyl (C=O) groups is 2. The number of halogens is 1. The standard InChI is InChI=1S/C21H25ClN4O6S/c22-16-4-2-15(3-5-16)14-24-19(28)17-6-7-18(26(11-12-27)21(17)30)20(29)23-8-10-25-9-1-13-33(25,31)32/h2-7,27H,1,8-14H2,(H,23,29)(H,24,28). The van der Waals surface area contributed by atoms with Gasteiger partial charge in [0, 0.05) is 37.7 Å². The minimum Gasteiger partial charge on any atom is -0.395 e. The number of nitrogens with one attached hydrogen (secondary N) is 2. The van der Waals surface area contributed by atoms with E-state index in [9.17, 15) is 27.9 Å². The zero-order valence-electron chi connectivity index (χ0n) is 17.8. The maximum absolute atomic E-state index is 12.9. The predicted molar refractivity (Wildman–Crippen MR) is 123 cm³/mol. The molecule has 0 spiro atoms. The van der Waals surface area contributed by atoms with Crippen molar-refractivity contribution in [3.05, 3.63) is 68.6 Å². The van der Waals surface area contributed by atoms with Gasteiger partial charge in [0.05, 0.1) is 12.4 Å². The van der Waals surface area contributed by atoms with E-state index in [1.165, 1.54) is 16.4 Å². The molecule has 2 heterocycles. The fourth-order valence-electron chi connectivity index (χ4n) is 3.48. The van der Waals surface area contributed by atoms with Crippen molar-refractivity contribution in [3.8, 4) is 0 Å². The SMILES string of the molecule is O=C(NCc1ccc(Cl)cc1)c1ccc(C(=O)NCCN2CCCS2(=O)=O)n(CCO)c1=O. The normalized spacial score (nSPS) is 15.3. The van der Waals surface area contributed by atoms with Crippen molar-refractivity contribution in [1.82, 2.24) is 19.5 Å². The van der Waals surface area contributed by atoms with E-state index in [1.807, 2.05) is 0 Å². The molecule has 0 atom stereocenters. The molecule has 1 saturated heterocycles. The summed E-state index contributed by atoms with van der Waals surface area (Å²) in [6.45, 7) is 0.186. The summed E-state index contributed by atoms with van der Waals surface area (Å²) >= 11 is 5.84. The predicted octanol–water partition coefficient (Wildman–Crippen LogP) is 0.189. The van der Waals surface area contributed by atoms with Gasteiger partial charge in [-0.25, -0.2) is 12.7 Å². The molecule has 1 fully saturated rings. The molecule has 1 aliphatic rings. The molecule has 33 heavy (non-hydrogen) atoms. The number of sulfonamides is 1. The van der Waals surface area contributed by atoms with Crippen molar-refractivity contribution >= 4 is 33.4 Å². The van der Waals surface area contributed by atoms with Crippen LogP contribution >= 0.6 is 11.6 Å². The Morgan fingerprint density at radius 2 is 1.76 bits per heavy atom. The number of aliphatic hydroxyl groups excluding tert-OH is 1. The number of benzene rings is 1. The molecule has 2 amide bonds. The number of nitrogens with zero attached hydrogens (tertiary/aromatic N) is 2. The maximum atomic E-state index is 12.9. The zero-order valence-corrected chi connectivity index (χ0v) is 19.4. The monoisotopic (exact) mass is 496 g/mol. The highest BCUT2D eigenvalue weighted by Gasteiger charge is 2.27. The first-order valence-corrected chi connectivity index (χ1v) is 12.3. The molecule has 0 aliphatic carbocycles. The van der Waals surface area contributed by atoms with Crippen LogP contribution in [0.5, 0.6) is 0 Å². The highest BCUT2D eigenvalue weighted by molar-refractivity contribution is 7.89. The molecule has 1 aromatic heterocycles. The van der Waals surface area contributed by atoms with Crippen molar-refractivity contribution in [2.24, 2.45) is 0 Å². The Labute approximate surface area is 196 Å². The average molecular weight is 497 g/mol. The molecule has 3 N–H and O–H groups in total. The lowest BCUT2D eigenvalue weighted by molar-refractivity contribution is 0.0927. The topological polar surface area (TPSA) is 138 Å². The highest BCUT2D eigenvalue weighted by Crippen LogP contribution is 2.12. The maximum Gasteiger partial charge on any atom is 0.268 e. The number of carbonyl (C=O) groups excluding carboxylic acids is 2. The van der Waals surface area contributed by atoms with E-state index in [0.29, 0.717) is 18.0 Å². The third kappa shape index (κ3) is 6.20. The van der Waals surface area contributed by atoms with Crippen molar-refractivity contribution in [1.29, 1.82) is 0 Å². The number of rotatable bonds is 9. The lowest BCUT2D eigenvalue weighted by Crippen LogP contribution is -2.40. The first-order chi connectivity index (χ1) is 15.7. The second kappa shape index (κ2) is 10.9. The van der Waals surface area contributed by atoms with Crippen LogP contribution in [0.1, 0.15) is 32.8 Å². The summed E-state index contributed by atoms with van der Waals surface area (Å²) in [5.41, 5.74) is -0.128. The van der Waals surface area contributed by atoms with E-state index in [0.717, 1.165) is 10.1 Å². The number of hydrogen-bond donors (Lipinski definition) is 3. The van der Waals surface area contributed by atoms with Crippen LogP contribution in [0.3, 0.4) is 0 Å². The van der Waals surface area contributed by atoms with E-state index in [-0.39, 0.29) is 43.2 Å². The Bertz CT molecular complexity index is 1180. The van der Waals surface area contributed by atoms with Gasteiger partial charge in [0.15, 0.2) is 0 Å². The number of aliphatic hydroxyl groups is 1. The largest absolute Gasteiger partial charge is 0.395 e. The Morgan fingerprint density at radius 3 is 2.39 bits per heavy atom. The summed E-state index contributed by atoms with van der Waals surface area (Å²) in [5, 5.41) is 15.2. The van der Waals surface area contributed by atoms with Gasteiger partial charge in [-0.3, -0.25) is 14.4 Å². The summed E-state index contributed by atoms with van der Waals surface area (Å²) in [4.78, 5) is 38.0. The van der Waals surface area contributed by atoms with Gasteiger partial charge in [-0.2, -0.15) is 0 Å². The fraction of sp³-hybridized carbons (Fsp3) is 0.381. The minimum absolute atomic E-state index is 0.0346. The van der Waals surface area contributed by atoms with Gasteiger partial charge in [-0.05, 0) is 36.2 Å². The molecule has 1 aliphatic heterocycles.